The van der Waals surface area contributed by atoms with E-state index in [9.17, 15) is 21.4 Å². The minimum absolute atomic E-state index is 0.0425. The number of oxazole rings is 1. The lowest BCUT2D eigenvalue weighted by Crippen LogP contribution is -2.38. The van der Waals surface area contributed by atoms with Crippen molar-refractivity contribution in [2.75, 3.05) is 30.0 Å². The number of halogens is 1. The zero-order chi connectivity index (χ0) is 32.2. The second kappa shape index (κ2) is 13.7. The van der Waals surface area contributed by atoms with Crippen molar-refractivity contribution in [3.63, 3.8) is 0 Å². The molecule has 0 amide bonds. The van der Waals surface area contributed by atoms with E-state index >= 15 is 0 Å². The fourth-order valence-electron chi connectivity index (χ4n) is 5.00. The second-order valence-corrected chi connectivity index (χ2v) is 13.9. The highest BCUT2D eigenvalue weighted by atomic mass is 35.5. The van der Waals surface area contributed by atoms with Gasteiger partial charge in [0.1, 0.15) is 5.75 Å². The minimum atomic E-state index is -4.25. The molecule has 45 heavy (non-hydrogen) atoms. The van der Waals surface area contributed by atoms with Gasteiger partial charge in [-0.25, -0.2) is 0 Å². The highest BCUT2D eigenvalue weighted by Crippen LogP contribution is 2.41. The fourth-order valence-corrected chi connectivity index (χ4v) is 6.40. The van der Waals surface area contributed by atoms with Crippen molar-refractivity contribution in [1.82, 2.24) is 5.48 Å². The van der Waals surface area contributed by atoms with Crippen LogP contribution in [0.25, 0.3) is 28.3 Å². The van der Waals surface area contributed by atoms with Crippen LogP contribution in [0.5, 0.6) is 5.75 Å². The highest BCUT2D eigenvalue weighted by Gasteiger charge is 2.28. The van der Waals surface area contributed by atoms with Crippen LogP contribution in [0.3, 0.4) is 0 Å². The first-order chi connectivity index (χ1) is 21.5. The Bertz CT molecular complexity index is 1970. The van der Waals surface area contributed by atoms with E-state index in [0.717, 1.165) is 16.7 Å². The molecule has 1 aliphatic rings. The first kappa shape index (κ1) is 32.7. The van der Waals surface area contributed by atoms with Gasteiger partial charge in [0.05, 0.1) is 17.5 Å². The van der Waals surface area contributed by atoms with Crippen molar-refractivity contribution in [2.45, 2.75) is 26.3 Å². The Morgan fingerprint density at radius 2 is 1.82 bits per heavy atom. The van der Waals surface area contributed by atoms with Crippen molar-refractivity contribution >= 4 is 54.7 Å². The molecule has 5 rings (SSSR count). The number of rotatable bonds is 13. The normalized spacial score (nSPS) is 14.7. The topological polar surface area (TPSA) is 139 Å². The van der Waals surface area contributed by atoms with Crippen LogP contribution in [0, 0.1) is 0 Å². The number of ether oxygens (including phenoxy) is 1. The molecular formula is C31H33ClN3O8S2+. The van der Waals surface area contributed by atoms with E-state index in [1.807, 2.05) is 66.4 Å². The van der Waals surface area contributed by atoms with E-state index in [0.29, 0.717) is 52.3 Å². The van der Waals surface area contributed by atoms with Gasteiger partial charge in [0.2, 0.25) is 11.5 Å². The standard InChI is InChI=1S/C31H32ClN3O8S2/c1-3-22(18-30-34(14-7-16-45(39,40)43-33-2)27-21-25(32)11-13-29(27)42-30)19-31-35(15-17-44(36,37)38)26-20-24(10-12-28(26)41-31)23-8-5-4-6-9-23/h4-6,8-13,18-21,33H,3,7,14-17H2,1-2H3/p+1. The van der Waals surface area contributed by atoms with Gasteiger partial charge in [0.15, 0.2) is 12.3 Å². The third-order valence-corrected chi connectivity index (χ3v) is 9.26. The summed E-state index contributed by atoms with van der Waals surface area (Å²) in [6.07, 6.45) is 4.40. The Balaban J connectivity index is 1.53. The first-order valence-corrected chi connectivity index (χ1v) is 17.7. The predicted molar refractivity (Wildman–Crippen MR) is 173 cm³/mol. The summed E-state index contributed by atoms with van der Waals surface area (Å²) >= 11 is 6.28. The number of nitrogens with zero attached hydrogens (tertiary/aromatic N) is 2. The molecule has 0 fully saturated rings. The van der Waals surface area contributed by atoms with Crippen LogP contribution >= 0.6 is 11.6 Å². The lowest BCUT2D eigenvalue weighted by atomic mass is 10.1. The number of benzene rings is 3. The zero-order valence-electron chi connectivity index (χ0n) is 24.6. The van der Waals surface area contributed by atoms with Crippen LogP contribution in [0.2, 0.25) is 5.02 Å². The molecule has 2 N–H and O–H groups in total. The maximum atomic E-state index is 12.1. The predicted octanol–water partition coefficient (Wildman–Crippen LogP) is 5.33. The Hall–Kier alpha value is -3.72. The zero-order valence-corrected chi connectivity index (χ0v) is 27.0. The van der Waals surface area contributed by atoms with Crippen molar-refractivity contribution in [3.8, 4) is 16.9 Å². The third-order valence-electron chi connectivity index (χ3n) is 7.11. The van der Waals surface area contributed by atoms with Gasteiger partial charge in [-0.15, -0.1) is 0 Å². The Kier molecular flexibility index (Phi) is 9.97. The molecule has 238 valence electrons. The summed E-state index contributed by atoms with van der Waals surface area (Å²) in [6.45, 7) is 2.20. The highest BCUT2D eigenvalue weighted by molar-refractivity contribution is 7.86. The number of nitrogens with one attached hydrogen (secondary N) is 1. The number of hydrogen-bond donors (Lipinski definition) is 2. The van der Waals surface area contributed by atoms with Gasteiger partial charge in [-0.3, -0.25) is 4.55 Å². The van der Waals surface area contributed by atoms with Crippen molar-refractivity contribution in [1.29, 1.82) is 0 Å². The van der Waals surface area contributed by atoms with E-state index in [4.69, 9.17) is 20.8 Å². The average molecular weight is 675 g/mol. The molecular weight excluding hydrogens is 642 g/mol. The SMILES string of the molecule is CCC(=C/c1oc2ccc(-c3ccccc3)cc2[n+]1CCS(=O)(=O)O)/C=C1/Oc2ccc(Cl)cc2N1CCCS(=O)(=O)ONC. The number of fused-ring (bicyclic) bond motifs is 2. The number of allylic oxidation sites excluding steroid dienone is 2. The number of aromatic nitrogens is 1. The average Bonchev–Trinajstić information content (AvgIpc) is 3.51. The second-order valence-electron chi connectivity index (χ2n) is 10.3. The van der Waals surface area contributed by atoms with Gasteiger partial charge < -0.3 is 14.1 Å². The molecule has 14 heteroatoms. The number of hydroxylamine groups is 1. The third kappa shape index (κ3) is 8.12. The maximum Gasteiger partial charge on any atom is 0.374 e. The number of aryl methyl sites for hydroxylation is 1. The molecule has 0 atom stereocenters. The summed E-state index contributed by atoms with van der Waals surface area (Å²) in [5.74, 6) is 0.683. The molecule has 0 bridgehead atoms. The summed E-state index contributed by atoms with van der Waals surface area (Å²) in [5, 5.41) is 0.498. The van der Waals surface area contributed by atoms with Crippen molar-refractivity contribution in [3.05, 3.63) is 95.2 Å². The van der Waals surface area contributed by atoms with Gasteiger partial charge in [0.25, 0.3) is 25.8 Å². The van der Waals surface area contributed by atoms with Crippen LogP contribution in [-0.2, 0) is 31.1 Å². The van der Waals surface area contributed by atoms with Crippen LogP contribution in [0.4, 0.5) is 5.69 Å². The Labute approximate surface area is 267 Å². The van der Waals surface area contributed by atoms with Crippen LogP contribution in [0.1, 0.15) is 25.7 Å². The lowest BCUT2D eigenvalue weighted by molar-refractivity contribution is -0.673. The molecule has 0 aliphatic carbocycles. The molecule has 0 saturated carbocycles. The molecule has 0 saturated heterocycles. The molecule has 11 nitrogen and oxygen atoms in total. The molecule has 3 aromatic carbocycles. The summed E-state index contributed by atoms with van der Waals surface area (Å²) in [5.41, 5.74) is 6.79. The van der Waals surface area contributed by atoms with Gasteiger partial charge in [-0.2, -0.15) is 31.2 Å². The van der Waals surface area contributed by atoms with Crippen molar-refractivity contribution in [2.24, 2.45) is 0 Å². The molecule has 0 spiro atoms. The van der Waals surface area contributed by atoms with E-state index in [1.54, 1.807) is 28.8 Å². The van der Waals surface area contributed by atoms with Gasteiger partial charge in [0, 0.05) is 30.8 Å². The molecule has 1 aromatic heterocycles. The van der Waals surface area contributed by atoms with Crippen LogP contribution < -0.4 is 19.7 Å². The summed E-state index contributed by atoms with van der Waals surface area (Å²) < 4.78 is 75.9. The van der Waals surface area contributed by atoms with E-state index in [1.165, 1.54) is 7.05 Å². The molecule has 2 heterocycles. The monoisotopic (exact) mass is 674 g/mol. The van der Waals surface area contributed by atoms with Crippen LogP contribution in [0.15, 0.2) is 88.7 Å². The Morgan fingerprint density at radius 3 is 2.53 bits per heavy atom. The number of anilines is 1. The molecule has 1 aliphatic heterocycles. The molecule has 0 unspecified atom stereocenters. The van der Waals surface area contributed by atoms with Crippen LogP contribution in [-0.4, -0.2) is 46.5 Å². The molecule has 0 radical (unpaired) electrons. The largest absolute Gasteiger partial charge is 0.439 e. The minimum Gasteiger partial charge on any atom is -0.439 e. The first-order valence-electron chi connectivity index (χ1n) is 14.2. The Morgan fingerprint density at radius 1 is 1.04 bits per heavy atom. The van der Waals surface area contributed by atoms with E-state index in [-0.39, 0.29) is 18.7 Å². The van der Waals surface area contributed by atoms with E-state index in [2.05, 4.69) is 9.76 Å². The van der Waals surface area contributed by atoms with Gasteiger partial charge in [-0.05, 0) is 53.8 Å². The lowest BCUT2D eigenvalue weighted by Gasteiger charge is -2.18. The summed E-state index contributed by atoms with van der Waals surface area (Å²) in [7, 11) is -6.64. The number of hydrogen-bond acceptors (Lipinski definition) is 9. The van der Waals surface area contributed by atoms with E-state index < -0.39 is 26.0 Å². The smallest absolute Gasteiger partial charge is 0.374 e. The van der Waals surface area contributed by atoms with Gasteiger partial charge >= 0.3 is 5.89 Å². The quantitative estimate of drug-likeness (QED) is 0.109. The summed E-state index contributed by atoms with van der Waals surface area (Å²) in [6, 6.07) is 20.6. The van der Waals surface area contributed by atoms with Gasteiger partial charge in [-0.1, -0.05) is 54.9 Å². The fraction of sp³-hybridized carbons (Fsp3) is 0.258. The molecule has 4 aromatic rings. The summed E-state index contributed by atoms with van der Waals surface area (Å²) in [4.78, 5) is 1.84. The maximum absolute atomic E-state index is 12.1. The van der Waals surface area contributed by atoms with Crippen molar-refractivity contribution < 1.29 is 39.4 Å².